The number of hydrogen-bond donors (Lipinski definition) is 1. The van der Waals surface area contributed by atoms with Gasteiger partial charge in [-0.2, -0.15) is 0 Å². The Morgan fingerprint density at radius 3 is 2.36 bits per heavy atom. The summed E-state index contributed by atoms with van der Waals surface area (Å²) >= 11 is 2.12. The average molecular weight is 442 g/mol. The van der Waals surface area contributed by atoms with E-state index in [9.17, 15) is 22.6 Å². The highest BCUT2D eigenvalue weighted by Crippen LogP contribution is 2.11. The summed E-state index contributed by atoms with van der Waals surface area (Å²) in [6, 6.07) is 7.00. The number of hydrogen-bond acceptors (Lipinski definition) is 7. The van der Waals surface area contributed by atoms with Crippen LogP contribution in [0, 0.1) is 3.57 Å². The summed E-state index contributed by atoms with van der Waals surface area (Å²) in [4.78, 5) is 22.6. The number of amides is 1. The van der Waals surface area contributed by atoms with Gasteiger partial charge in [-0.3, -0.25) is 10.1 Å². The van der Waals surface area contributed by atoms with Crippen molar-refractivity contribution >= 4 is 50.5 Å². The lowest BCUT2D eigenvalue weighted by molar-refractivity contribution is -0.143. The topological polar surface area (TPSA) is 122 Å². The standard InChI is InChI=1S/C12H14INO7S/c13-9-1-3-10(4-2-9)14-12(16)21-6-5-11(15)20-7-8-22(17,18)19/h1-4H,5-8H2,(H,14,16)(H,17,18,19)/p-1. The molecule has 0 saturated carbocycles. The first-order valence-electron chi connectivity index (χ1n) is 6.05. The van der Waals surface area contributed by atoms with E-state index >= 15 is 0 Å². The molecule has 10 heteroatoms. The van der Waals surface area contributed by atoms with Crippen molar-refractivity contribution in [2.24, 2.45) is 0 Å². The molecule has 0 unspecified atom stereocenters. The van der Waals surface area contributed by atoms with Crippen molar-refractivity contribution in [2.75, 3.05) is 24.3 Å². The summed E-state index contributed by atoms with van der Waals surface area (Å²) in [7, 11) is -4.41. The molecule has 1 N–H and O–H groups in total. The molecule has 0 fully saturated rings. The minimum atomic E-state index is -4.41. The van der Waals surface area contributed by atoms with Gasteiger partial charge in [-0.25, -0.2) is 13.2 Å². The molecule has 8 nitrogen and oxygen atoms in total. The fourth-order valence-corrected chi connectivity index (χ4v) is 1.89. The maximum atomic E-state index is 11.4. The molecule has 0 aromatic heterocycles. The fourth-order valence-electron chi connectivity index (χ4n) is 1.24. The van der Waals surface area contributed by atoms with Crippen molar-refractivity contribution in [1.82, 2.24) is 0 Å². The molecule has 0 saturated heterocycles. The SMILES string of the molecule is O=C(CCOC(=O)Nc1ccc(I)cc1)OCCS(=O)(=O)[O-]. The quantitative estimate of drug-likeness (QED) is 0.384. The number of anilines is 1. The molecule has 0 aliphatic rings. The summed E-state index contributed by atoms with van der Waals surface area (Å²) in [6.45, 7) is -0.737. The molecule has 122 valence electrons. The lowest BCUT2D eigenvalue weighted by Crippen LogP contribution is -2.18. The Balaban J connectivity index is 2.19. The van der Waals surface area contributed by atoms with Gasteiger partial charge in [0.15, 0.2) is 0 Å². The number of rotatable bonds is 7. The summed E-state index contributed by atoms with van der Waals surface area (Å²) in [5.74, 6) is -1.54. The van der Waals surface area contributed by atoms with Gasteiger partial charge >= 0.3 is 12.1 Å². The van der Waals surface area contributed by atoms with Crippen molar-refractivity contribution in [3.63, 3.8) is 0 Å². The number of ether oxygens (including phenoxy) is 2. The summed E-state index contributed by atoms with van der Waals surface area (Å²) < 4.78 is 41.1. The predicted octanol–water partition coefficient (Wildman–Crippen LogP) is 1.32. The molecule has 22 heavy (non-hydrogen) atoms. The molecule has 1 rings (SSSR count). The Kier molecular flexibility index (Phi) is 7.55. The predicted molar refractivity (Wildman–Crippen MR) is 84.3 cm³/mol. The summed E-state index contributed by atoms with van der Waals surface area (Å²) in [5, 5.41) is 2.47. The molecule has 0 radical (unpaired) electrons. The van der Waals surface area contributed by atoms with Gasteiger partial charge in [-0.15, -0.1) is 0 Å². The van der Waals surface area contributed by atoms with E-state index in [0.29, 0.717) is 5.69 Å². The number of nitrogens with one attached hydrogen (secondary N) is 1. The summed E-state index contributed by atoms with van der Waals surface area (Å²) in [5.41, 5.74) is 0.550. The first-order chi connectivity index (χ1) is 10.3. The highest BCUT2D eigenvalue weighted by atomic mass is 127. The van der Waals surface area contributed by atoms with Crippen LogP contribution in [0.3, 0.4) is 0 Å². The van der Waals surface area contributed by atoms with Crippen molar-refractivity contribution < 1.29 is 32.0 Å². The lowest BCUT2D eigenvalue weighted by atomic mass is 10.3. The van der Waals surface area contributed by atoms with E-state index in [1.165, 1.54) is 0 Å². The molecular formula is C12H13INO7S-. The first kappa shape index (κ1) is 18.6. The minimum absolute atomic E-state index is 0.223. The van der Waals surface area contributed by atoms with E-state index in [-0.39, 0.29) is 13.0 Å². The molecule has 0 aliphatic heterocycles. The smallest absolute Gasteiger partial charge is 0.411 e. The van der Waals surface area contributed by atoms with Gasteiger partial charge in [0.25, 0.3) is 0 Å². The number of carbonyl (C=O) groups is 2. The number of carbonyl (C=O) groups excluding carboxylic acids is 2. The van der Waals surface area contributed by atoms with E-state index in [0.717, 1.165) is 3.57 Å². The molecular weight excluding hydrogens is 429 g/mol. The molecule has 0 bridgehead atoms. The Bertz CT molecular complexity index is 615. The highest BCUT2D eigenvalue weighted by molar-refractivity contribution is 14.1. The van der Waals surface area contributed by atoms with E-state index < -0.39 is 34.5 Å². The number of halogens is 1. The van der Waals surface area contributed by atoms with Crippen molar-refractivity contribution in [3.05, 3.63) is 27.8 Å². The molecule has 1 aromatic rings. The van der Waals surface area contributed by atoms with Gasteiger partial charge < -0.3 is 14.0 Å². The van der Waals surface area contributed by atoms with Crippen LogP contribution in [0.15, 0.2) is 24.3 Å². The van der Waals surface area contributed by atoms with Crippen LogP contribution in [0.2, 0.25) is 0 Å². The van der Waals surface area contributed by atoms with Crippen LogP contribution in [0.1, 0.15) is 6.42 Å². The maximum absolute atomic E-state index is 11.4. The van der Waals surface area contributed by atoms with E-state index in [1.807, 2.05) is 0 Å². The van der Waals surface area contributed by atoms with E-state index in [1.54, 1.807) is 24.3 Å². The van der Waals surface area contributed by atoms with Crippen LogP contribution in [-0.2, 0) is 24.4 Å². The lowest BCUT2D eigenvalue weighted by Gasteiger charge is -2.08. The molecule has 0 heterocycles. The second-order valence-corrected chi connectivity index (χ2v) is 6.77. The third-order valence-corrected chi connectivity index (χ3v) is 3.61. The third-order valence-electron chi connectivity index (χ3n) is 2.23. The Labute approximate surface area is 141 Å². The van der Waals surface area contributed by atoms with Crippen LogP contribution >= 0.6 is 22.6 Å². The van der Waals surface area contributed by atoms with Gasteiger partial charge in [0.1, 0.15) is 13.2 Å². The van der Waals surface area contributed by atoms with Gasteiger partial charge in [0, 0.05) is 9.26 Å². The molecule has 0 spiro atoms. The zero-order valence-corrected chi connectivity index (χ0v) is 14.3. The van der Waals surface area contributed by atoms with Crippen LogP contribution in [-0.4, -0.2) is 44.0 Å². The van der Waals surface area contributed by atoms with E-state index in [4.69, 9.17) is 4.74 Å². The molecule has 1 aromatic carbocycles. The molecule has 0 aliphatic carbocycles. The van der Waals surface area contributed by atoms with Crippen LogP contribution < -0.4 is 5.32 Å². The zero-order valence-electron chi connectivity index (χ0n) is 11.3. The van der Waals surface area contributed by atoms with Crippen LogP contribution in [0.4, 0.5) is 10.5 Å². The van der Waals surface area contributed by atoms with Crippen molar-refractivity contribution in [3.8, 4) is 0 Å². The van der Waals surface area contributed by atoms with Crippen molar-refractivity contribution in [2.45, 2.75) is 6.42 Å². The number of benzene rings is 1. The van der Waals surface area contributed by atoms with Gasteiger partial charge in [0.05, 0.1) is 22.3 Å². The highest BCUT2D eigenvalue weighted by Gasteiger charge is 2.07. The zero-order chi connectivity index (χ0) is 16.6. The monoisotopic (exact) mass is 442 g/mol. The van der Waals surface area contributed by atoms with E-state index in [2.05, 4.69) is 32.6 Å². The normalized spacial score (nSPS) is 10.8. The minimum Gasteiger partial charge on any atom is -0.748 e. The molecule has 0 atom stereocenters. The summed E-state index contributed by atoms with van der Waals surface area (Å²) in [6.07, 6.45) is -0.963. The Morgan fingerprint density at radius 2 is 1.77 bits per heavy atom. The Morgan fingerprint density at radius 1 is 1.14 bits per heavy atom. The molecule has 1 amide bonds. The second-order valence-electron chi connectivity index (χ2n) is 4.00. The van der Waals surface area contributed by atoms with Gasteiger partial charge in [0.2, 0.25) is 0 Å². The number of esters is 1. The largest absolute Gasteiger partial charge is 0.748 e. The third kappa shape index (κ3) is 8.79. The van der Waals surface area contributed by atoms with Crippen LogP contribution in [0.5, 0.6) is 0 Å². The van der Waals surface area contributed by atoms with Gasteiger partial charge in [-0.1, -0.05) is 0 Å². The maximum Gasteiger partial charge on any atom is 0.411 e. The second kappa shape index (κ2) is 8.90. The fraction of sp³-hybridized carbons (Fsp3) is 0.333. The Hall–Kier alpha value is -1.40. The van der Waals surface area contributed by atoms with Crippen LogP contribution in [0.25, 0.3) is 0 Å². The van der Waals surface area contributed by atoms with Gasteiger partial charge in [-0.05, 0) is 46.9 Å². The van der Waals surface area contributed by atoms with Crippen molar-refractivity contribution in [1.29, 1.82) is 0 Å². The first-order valence-corrected chi connectivity index (χ1v) is 8.70. The average Bonchev–Trinajstić information content (AvgIpc) is 2.40.